The number of hydrogen-bond acceptors (Lipinski definition) is 5. The van der Waals surface area contributed by atoms with Gasteiger partial charge in [0.05, 0.1) is 17.5 Å². The van der Waals surface area contributed by atoms with Gasteiger partial charge in [0.25, 0.3) is 0 Å². The van der Waals surface area contributed by atoms with Crippen LogP contribution in [0.15, 0.2) is 12.1 Å². The predicted molar refractivity (Wildman–Crippen MR) is 73.4 cm³/mol. The molecule has 1 aromatic carbocycles. The SMILES string of the molecule is CCOC(=O)COc1ccc(C(=O)CBr)c(O)c1Cl. The molecule has 0 aliphatic rings. The fourth-order valence-corrected chi connectivity index (χ4v) is 1.82. The average molecular weight is 352 g/mol. The maximum absolute atomic E-state index is 11.5. The summed E-state index contributed by atoms with van der Waals surface area (Å²) < 4.78 is 9.79. The highest BCUT2D eigenvalue weighted by Gasteiger charge is 2.17. The first-order chi connectivity index (χ1) is 9.01. The minimum Gasteiger partial charge on any atom is -0.505 e. The monoisotopic (exact) mass is 350 g/mol. The number of hydrogen-bond donors (Lipinski definition) is 1. The Bertz CT molecular complexity index is 489. The Morgan fingerprint density at radius 2 is 2.11 bits per heavy atom. The van der Waals surface area contributed by atoms with E-state index in [1.54, 1.807) is 6.92 Å². The smallest absolute Gasteiger partial charge is 0.344 e. The summed E-state index contributed by atoms with van der Waals surface area (Å²) in [6.07, 6.45) is 0. The van der Waals surface area contributed by atoms with Gasteiger partial charge in [0, 0.05) is 0 Å². The minimum atomic E-state index is -0.543. The molecule has 0 saturated heterocycles. The number of benzene rings is 1. The number of ether oxygens (including phenoxy) is 2. The molecule has 0 aromatic heterocycles. The summed E-state index contributed by atoms with van der Waals surface area (Å²) in [5.74, 6) is -1.11. The van der Waals surface area contributed by atoms with Gasteiger partial charge in [0.2, 0.25) is 0 Å². The van der Waals surface area contributed by atoms with Gasteiger partial charge >= 0.3 is 5.97 Å². The highest BCUT2D eigenvalue weighted by Crippen LogP contribution is 2.36. The summed E-state index contributed by atoms with van der Waals surface area (Å²) in [6.45, 7) is 1.61. The van der Waals surface area contributed by atoms with Crippen LogP contribution in [0.4, 0.5) is 0 Å². The van der Waals surface area contributed by atoms with E-state index in [-0.39, 0.29) is 46.4 Å². The van der Waals surface area contributed by atoms with Gasteiger partial charge in [-0.3, -0.25) is 4.79 Å². The molecule has 0 spiro atoms. The molecule has 0 fully saturated rings. The lowest BCUT2D eigenvalue weighted by Crippen LogP contribution is -2.14. The van der Waals surface area contributed by atoms with E-state index in [0.29, 0.717) is 0 Å². The van der Waals surface area contributed by atoms with Gasteiger partial charge in [0.1, 0.15) is 16.5 Å². The van der Waals surface area contributed by atoms with E-state index in [9.17, 15) is 14.7 Å². The van der Waals surface area contributed by atoms with Crippen molar-refractivity contribution in [2.45, 2.75) is 6.92 Å². The Hall–Kier alpha value is -1.27. The zero-order valence-electron chi connectivity index (χ0n) is 10.1. The van der Waals surface area contributed by atoms with Crippen molar-refractivity contribution in [1.29, 1.82) is 0 Å². The minimum absolute atomic E-state index is 0.0694. The number of carbonyl (C=O) groups excluding carboxylic acids is 2. The Kier molecular flexibility index (Phi) is 6.11. The van der Waals surface area contributed by atoms with E-state index in [1.807, 2.05) is 0 Å². The van der Waals surface area contributed by atoms with E-state index in [1.165, 1.54) is 12.1 Å². The quantitative estimate of drug-likeness (QED) is 0.484. The number of esters is 1. The van der Waals surface area contributed by atoms with Crippen molar-refractivity contribution in [2.24, 2.45) is 0 Å². The Morgan fingerprint density at radius 3 is 2.68 bits per heavy atom. The number of Topliss-reactive ketones (excluding diaryl/α,β-unsaturated/α-hetero) is 1. The van der Waals surface area contributed by atoms with Crippen molar-refractivity contribution in [3.63, 3.8) is 0 Å². The van der Waals surface area contributed by atoms with E-state index >= 15 is 0 Å². The highest BCUT2D eigenvalue weighted by molar-refractivity contribution is 9.09. The maximum Gasteiger partial charge on any atom is 0.344 e. The molecule has 104 valence electrons. The van der Waals surface area contributed by atoms with Crippen LogP contribution in [0.25, 0.3) is 0 Å². The summed E-state index contributed by atoms with van der Waals surface area (Å²) in [7, 11) is 0. The second-order valence-corrected chi connectivity index (χ2v) is 4.36. The van der Waals surface area contributed by atoms with Gasteiger partial charge in [-0.25, -0.2) is 4.79 Å². The van der Waals surface area contributed by atoms with Gasteiger partial charge in [-0.15, -0.1) is 0 Å². The van der Waals surface area contributed by atoms with E-state index < -0.39 is 5.97 Å². The molecular weight excluding hydrogens is 339 g/mol. The third-order valence-corrected chi connectivity index (χ3v) is 3.03. The largest absolute Gasteiger partial charge is 0.505 e. The summed E-state index contributed by atoms with van der Waals surface area (Å²) >= 11 is 8.86. The Labute approximate surface area is 123 Å². The second kappa shape index (κ2) is 7.35. The van der Waals surface area contributed by atoms with Crippen LogP contribution in [0, 0.1) is 0 Å². The summed E-state index contributed by atoms with van der Waals surface area (Å²) in [4.78, 5) is 22.6. The number of rotatable bonds is 6. The van der Waals surface area contributed by atoms with Gasteiger partial charge in [-0.1, -0.05) is 27.5 Å². The third kappa shape index (κ3) is 4.11. The fraction of sp³-hybridized carbons (Fsp3) is 0.333. The Balaban J connectivity index is 2.85. The number of phenols is 1. The number of phenolic OH excluding ortho intramolecular Hbond substituents is 1. The fourth-order valence-electron chi connectivity index (χ4n) is 1.29. The molecule has 1 aromatic rings. The maximum atomic E-state index is 11.5. The first-order valence-corrected chi connectivity index (χ1v) is 6.90. The average Bonchev–Trinajstić information content (AvgIpc) is 2.40. The van der Waals surface area contributed by atoms with Crippen LogP contribution >= 0.6 is 27.5 Å². The van der Waals surface area contributed by atoms with Crippen LogP contribution in [0.5, 0.6) is 11.5 Å². The lowest BCUT2D eigenvalue weighted by molar-refractivity contribution is -0.145. The molecule has 0 amide bonds. The molecule has 7 heteroatoms. The molecule has 5 nitrogen and oxygen atoms in total. The molecule has 0 aliphatic heterocycles. The van der Waals surface area contributed by atoms with E-state index in [0.717, 1.165) is 0 Å². The lowest BCUT2D eigenvalue weighted by Gasteiger charge is -2.10. The molecule has 0 unspecified atom stereocenters. The molecule has 0 bridgehead atoms. The van der Waals surface area contributed by atoms with Crippen LogP contribution in [0.2, 0.25) is 5.02 Å². The lowest BCUT2D eigenvalue weighted by atomic mass is 10.1. The van der Waals surface area contributed by atoms with Crippen LogP contribution in [0.3, 0.4) is 0 Å². The van der Waals surface area contributed by atoms with Crippen molar-refractivity contribution in [2.75, 3.05) is 18.5 Å². The van der Waals surface area contributed by atoms with Gasteiger partial charge in [-0.2, -0.15) is 0 Å². The predicted octanol–water partition coefficient (Wildman–Crippen LogP) is 2.57. The number of ketones is 1. The van der Waals surface area contributed by atoms with Crippen molar-refractivity contribution in [1.82, 2.24) is 0 Å². The number of halogens is 2. The third-order valence-electron chi connectivity index (χ3n) is 2.15. The molecule has 0 atom stereocenters. The number of carbonyl (C=O) groups is 2. The van der Waals surface area contributed by atoms with Gasteiger partial charge < -0.3 is 14.6 Å². The highest BCUT2D eigenvalue weighted by atomic mass is 79.9. The molecule has 0 saturated carbocycles. The topological polar surface area (TPSA) is 72.8 Å². The molecule has 19 heavy (non-hydrogen) atoms. The van der Waals surface area contributed by atoms with Crippen LogP contribution in [0.1, 0.15) is 17.3 Å². The second-order valence-electron chi connectivity index (χ2n) is 3.42. The summed E-state index contributed by atoms with van der Waals surface area (Å²) in [5.41, 5.74) is 0.0883. The molecular formula is C12H12BrClO5. The first-order valence-electron chi connectivity index (χ1n) is 5.40. The number of alkyl halides is 1. The Morgan fingerprint density at radius 1 is 1.42 bits per heavy atom. The van der Waals surface area contributed by atoms with Crippen LogP contribution < -0.4 is 4.74 Å². The van der Waals surface area contributed by atoms with Gasteiger partial charge in [0.15, 0.2) is 12.4 Å². The normalized spacial score (nSPS) is 10.1. The summed E-state index contributed by atoms with van der Waals surface area (Å²) in [6, 6.07) is 2.79. The van der Waals surface area contributed by atoms with Crippen LogP contribution in [-0.2, 0) is 9.53 Å². The summed E-state index contributed by atoms with van der Waals surface area (Å²) in [5, 5.41) is 9.73. The van der Waals surface area contributed by atoms with Crippen molar-refractivity contribution >= 4 is 39.3 Å². The standard InChI is InChI=1S/C12H12BrClO5/c1-2-18-10(16)6-19-9-4-3-7(8(15)5-13)12(17)11(9)14/h3-4,17H,2,5-6H2,1H3. The molecule has 0 radical (unpaired) electrons. The van der Waals surface area contributed by atoms with E-state index in [4.69, 9.17) is 16.3 Å². The molecule has 1 rings (SSSR count). The molecule has 1 N–H and O–H groups in total. The molecule has 0 heterocycles. The number of aromatic hydroxyl groups is 1. The molecule has 0 aliphatic carbocycles. The van der Waals surface area contributed by atoms with Crippen molar-refractivity contribution in [3.05, 3.63) is 22.7 Å². The van der Waals surface area contributed by atoms with Crippen molar-refractivity contribution < 1.29 is 24.2 Å². The van der Waals surface area contributed by atoms with Crippen molar-refractivity contribution in [3.8, 4) is 11.5 Å². The first kappa shape index (κ1) is 15.8. The zero-order chi connectivity index (χ0) is 14.4. The zero-order valence-corrected chi connectivity index (χ0v) is 12.5. The van der Waals surface area contributed by atoms with Crippen LogP contribution in [-0.4, -0.2) is 35.4 Å². The van der Waals surface area contributed by atoms with E-state index in [2.05, 4.69) is 20.7 Å². The van der Waals surface area contributed by atoms with Gasteiger partial charge in [-0.05, 0) is 19.1 Å².